The van der Waals surface area contributed by atoms with E-state index in [4.69, 9.17) is 23.2 Å². The van der Waals surface area contributed by atoms with Crippen LogP contribution in [-0.2, 0) is 0 Å². The van der Waals surface area contributed by atoms with Gasteiger partial charge in [-0.3, -0.25) is 4.90 Å². The van der Waals surface area contributed by atoms with Gasteiger partial charge in [0.05, 0.1) is 5.02 Å². The Labute approximate surface area is 145 Å². The predicted octanol–water partition coefficient (Wildman–Crippen LogP) is 4.63. The van der Waals surface area contributed by atoms with Crippen molar-refractivity contribution < 1.29 is 4.39 Å². The Balaban J connectivity index is 1.74. The van der Waals surface area contributed by atoms with Crippen molar-refractivity contribution >= 4 is 28.9 Å². The van der Waals surface area contributed by atoms with E-state index < -0.39 is 0 Å². The number of anilines is 1. The zero-order chi connectivity index (χ0) is 16.4. The van der Waals surface area contributed by atoms with E-state index in [0.717, 1.165) is 30.8 Å². The van der Waals surface area contributed by atoms with E-state index in [0.29, 0.717) is 11.1 Å². The van der Waals surface area contributed by atoms with Crippen molar-refractivity contribution in [3.8, 4) is 0 Å². The largest absolute Gasteiger partial charge is 0.385 e. The number of hydrogen-bond donors (Lipinski definition) is 1. The quantitative estimate of drug-likeness (QED) is 0.812. The fraction of sp³-hybridized carbons (Fsp3) is 0.353. The highest BCUT2D eigenvalue weighted by molar-refractivity contribution is 6.30. The van der Waals surface area contributed by atoms with Crippen LogP contribution in [-0.4, -0.2) is 30.0 Å². The zero-order valence-corrected chi connectivity index (χ0v) is 14.3. The van der Waals surface area contributed by atoms with Crippen LogP contribution in [0.1, 0.15) is 18.0 Å². The number of benzene rings is 1. The second kappa shape index (κ2) is 7.04. The summed E-state index contributed by atoms with van der Waals surface area (Å²) >= 11 is 11.7. The average Bonchev–Trinajstić information content (AvgIpc) is 2.89. The maximum atomic E-state index is 13.8. The Morgan fingerprint density at radius 1 is 1.30 bits per heavy atom. The Morgan fingerprint density at radius 2 is 2.13 bits per heavy atom. The van der Waals surface area contributed by atoms with Gasteiger partial charge in [0.15, 0.2) is 0 Å². The van der Waals surface area contributed by atoms with Gasteiger partial charge in [-0.05, 0) is 55.8 Å². The molecule has 2 unspecified atom stereocenters. The summed E-state index contributed by atoms with van der Waals surface area (Å²) < 4.78 is 13.8. The molecular formula is C17H18Cl2FN3. The lowest BCUT2D eigenvalue weighted by Gasteiger charge is -2.26. The van der Waals surface area contributed by atoms with Crippen LogP contribution in [0.3, 0.4) is 0 Å². The molecule has 1 aliphatic rings. The van der Waals surface area contributed by atoms with E-state index >= 15 is 0 Å². The molecule has 1 aromatic heterocycles. The molecule has 0 amide bonds. The van der Waals surface area contributed by atoms with Crippen LogP contribution >= 0.6 is 23.2 Å². The van der Waals surface area contributed by atoms with E-state index in [-0.39, 0.29) is 16.9 Å². The lowest BCUT2D eigenvalue weighted by molar-refractivity contribution is 0.281. The van der Waals surface area contributed by atoms with Gasteiger partial charge in [0.2, 0.25) is 0 Å². The summed E-state index contributed by atoms with van der Waals surface area (Å²) in [5.41, 5.74) is 1.91. The van der Waals surface area contributed by atoms with Gasteiger partial charge in [-0.25, -0.2) is 9.37 Å². The van der Waals surface area contributed by atoms with Crippen LogP contribution in [0.25, 0.3) is 0 Å². The molecule has 0 radical (unpaired) electrons. The summed E-state index contributed by atoms with van der Waals surface area (Å²) in [6, 6.07) is 8.95. The molecule has 2 heterocycles. The van der Waals surface area contributed by atoms with Gasteiger partial charge in [-0.15, -0.1) is 0 Å². The van der Waals surface area contributed by atoms with Gasteiger partial charge in [0.1, 0.15) is 11.0 Å². The number of nitrogens with zero attached hydrogens (tertiary/aromatic N) is 2. The summed E-state index contributed by atoms with van der Waals surface area (Å²) in [4.78, 5) is 6.23. The van der Waals surface area contributed by atoms with Crippen molar-refractivity contribution in [2.24, 2.45) is 5.92 Å². The first-order valence-electron chi connectivity index (χ1n) is 7.55. The summed E-state index contributed by atoms with van der Waals surface area (Å²) in [6.45, 7) is 1.78. The maximum Gasteiger partial charge on any atom is 0.142 e. The minimum absolute atomic E-state index is 0.163. The van der Waals surface area contributed by atoms with E-state index in [1.165, 1.54) is 0 Å². The zero-order valence-electron chi connectivity index (χ0n) is 12.8. The lowest BCUT2D eigenvalue weighted by atomic mass is 9.93. The topological polar surface area (TPSA) is 28.2 Å². The minimum Gasteiger partial charge on any atom is -0.385 e. The highest BCUT2D eigenvalue weighted by atomic mass is 35.5. The fourth-order valence-corrected chi connectivity index (χ4v) is 3.52. The molecular weight excluding hydrogens is 336 g/mol. The molecule has 1 aromatic carbocycles. The van der Waals surface area contributed by atoms with Gasteiger partial charge in [-0.1, -0.05) is 29.3 Å². The summed E-state index contributed by atoms with van der Waals surface area (Å²) in [6.07, 6.45) is 2.73. The normalized spacial score (nSPS) is 21.6. The van der Waals surface area contributed by atoms with Gasteiger partial charge >= 0.3 is 0 Å². The third-order valence-corrected chi connectivity index (χ3v) is 4.87. The van der Waals surface area contributed by atoms with Gasteiger partial charge in [0, 0.05) is 24.5 Å². The van der Waals surface area contributed by atoms with E-state index in [1.54, 1.807) is 24.4 Å². The number of nitrogens with one attached hydrogen (secondary N) is 1. The third-order valence-electron chi connectivity index (χ3n) is 4.35. The number of likely N-dealkylation sites (tertiary alicyclic amines) is 1. The molecule has 23 heavy (non-hydrogen) atoms. The van der Waals surface area contributed by atoms with Crippen molar-refractivity contribution in [1.82, 2.24) is 9.88 Å². The van der Waals surface area contributed by atoms with Crippen LogP contribution in [0.15, 0.2) is 36.5 Å². The van der Waals surface area contributed by atoms with Crippen molar-refractivity contribution in [3.63, 3.8) is 0 Å². The molecule has 0 bridgehead atoms. The first-order chi connectivity index (χ1) is 11.0. The van der Waals surface area contributed by atoms with Crippen molar-refractivity contribution in [2.45, 2.75) is 12.5 Å². The number of halogens is 3. The first kappa shape index (κ1) is 16.5. The fourth-order valence-electron chi connectivity index (χ4n) is 3.22. The minimum atomic E-state index is -0.364. The Morgan fingerprint density at radius 3 is 2.87 bits per heavy atom. The molecule has 1 N–H and O–H groups in total. The first-order valence-corrected chi connectivity index (χ1v) is 8.31. The van der Waals surface area contributed by atoms with Gasteiger partial charge in [0.25, 0.3) is 0 Å². The van der Waals surface area contributed by atoms with Crippen LogP contribution in [0.4, 0.5) is 10.1 Å². The molecule has 1 saturated heterocycles. The SMILES string of the molecule is CN1CCC(CNc2ccnc(Cl)c2)C1c1ccc(Cl)c(F)c1. The number of aromatic nitrogens is 1. The van der Waals surface area contributed by atoms with E-state index in [2.05, 4.69) is 22.2 Å². The summed E-state index contributed by atoms with van der Waals surface area (Å²) in [5, 5.41) is 4.03. The van der Waals surface area contributed by atoms with Gasteiger partial charge < -0.3 is 5.32 Å². The monoisotopic (exact) mass is 353 g/mol. The molecule has 1 fully saturated rings. The van der Waals surface area contributed by atoms with Crippen molar-refractivity contribution in [2.75, 3.05) is 25.5 Å². The predicted molar refractivity (Wildman–Crippen MR) is 92.6 cm³/mol. The van der Waals surface area contributed by atoms with E-state index in [1.807, 2.05) is 12.1 Å². The molecule has 2 aromatic rings. The smallest absolute Gasteiger partial charge is 0.142 e. The molecule has 0 spiro atoms. The highest BCUT2D eigenvalue weighted by Crippen LogP contribution is 2.37. The Kier molecular flexibility index (Phi) is 5.05. The number of hydrogen-bond acceptors (Lipinski definition) is 3. The standard InChI is InChI=1S/C17H18Cl2FN3/c1-23-7-5-12(10-22-13-4-6-21-16(19)9-13)17(23)11-2-3-14(18)15(20)8-11/h2-4,6,8-9,12,17H,5,7,10H2,1H3,(H,21,22). The molecule has 122 valence electrons. The van der Waals surface area contributed by atoms with Crippen molar-refractivity contribution in [3.05, 3.63) is 58.1 Å². The summed E-state index contributed by atoms with van der Waals surface area (Å²) in [5.74, 6) is 0.0182. The molecule has 6 heteroatoms. The van der Waals surface area contributed by atoms with Crippen LogP contribution in [0, 0.1) is 11.7 Å². The molecule has 3 nitrogen and oxygen atoms in total. The molecule has 1 aliphatic heterocycles. The molecule has 0 saturated carbocycles. The maximum absolute atomic E-state index is 13.8. The summed E-state index contributed by atoms with van der Waals surface area (Å²) in [7, 11) is 2.07. The van der Waals surface area contributed by atoms with Crippen LogP contribution in [0.2, 0.25) is 10.2 Å². The van der Waals surface area contributed by atoms with E-state index in [9.17, 15) is 4.39 Å². The molecule has 0 aliphatic carbocycles. The second-order valence-electron chi connectivity index (χ2n) is 5.90. The van der Waals surface area contributed by atoms with Gasteiger partial charge in [-0.2, -0.15) is 0 Å². The molecule has 3 rings (SSSR count). The van der Waals surface area contributed by atoms with Crippen molar-refractivity contribution in [1.29, 1.82) is 0 Å². The lowest BCUT2D eigenvalue weighted by Crippen LogP contribution is -2.25. The number of rotatable bonds is 4. The average molecular weight is 354 g/mol. The van der Waals surface area contributed by atoms with Crippen LogP contribution < -0.4 is 5.32 Å². The third kappa shape index (κ3) is 3.77. The number of pyridine rings is 1. The highest BCUT2D eigenvalue weighted by Gasteiger charge is 2.33. The Bertz CT molecular complexity index is 695. The Hall–Kier alpha value is -1.36. The molecule has 2 atom stereocenters. The van der Waals surface area contributed by atoms with Crippen LogP contribution in [0.5, 0.6) is 0 Å². The second-order valence-corrected chi connectivity index (χ2v) is 6.69.